The highest BCUT2D eigenvalue weighted by atomic mass is 32.1. The van der Waals surface area contributed by atoms with Gasteiger partial charge in [-0.25, -0.2) is 5.43 Å². The molecule has 2 amide bonds. The van der Waals surface area contributed by atoms with E-state index in [1.165, 1.54) is 11.3 Å². The van der Waals surface area contributed by atoms with Crippen LogP contribution in [0, 0.1) is 0 Å². The molecule has 8 heteroatoms. The van der Waals surface area contributed by atoms with Gasteiger partial charge in [-0.3, -0.25) is 9.59 Å². The lowest BCUT2D eigenvalue weighted by Gasteiger charge is -2.10. The number of hydrogen-bond acceptors (Lipinski definition) is 6. The summed E-state index contributed by atoms with van der Waals surface area (Å²) in [6.07, 6.45) is 0.786. The fourth-order valence-electron chi connectivity index (χ4n) is 2.33. The first-order valence-corrected chi connectivity index (χ1v) is 9.26. The van der Waals surface area contributed by atoms with Crippen molar-refractivity contribution in [2.24, 2.45) is 5.10 Å². The molecule has 0 aliphatic carbocycles. The number of methoxy groups -OCH3 is 2. The van der Waals surface area contributed by atoms with Gasteiger partial charge in [-0.1, -0.05) is 12.1 Å². The number of benzene rings is 1. The Morgan fingerprint density at radius 3 is 2.59 bits per heavy atom. The van der Waals surface area contributed by atoms with E-state index in [1.807, 2.05) is 23.6 Å². The van der Waals surface area contributed by atoms with Crippen LogP contribution in [0.15, 0.2) is 40.8 Å². The summed E-state index contributed by atoms with van der Waals surface area (Å²) in [7, 11) is 3.17. The van der Waals surface area contributed by atoms with Gasteiger partial charge in [-0.2, -0.15) is 5.10 Å². The van der Waals surface area contributed by atoms with Crippen molar-refractivity contribution in [2.45, 2.75) is 19.8 Å². The fourth-order valence-corrected chi connectivity index (χ4v) is 2.94. The van der Waals surface area contributed by atoms with Gasteiger partial charge >= 0.3 is 0 Å². The molecule has 0 spiro atoms. The number of carbonyl (C=O) groups is 2. The van der Waals surface area contributed by atoms with Crippen molar-refractivity contribution in [3.05, 3.63) is 46.2 Å². The maximum atomic E-state index is 12.0. The second-order valence-corrected chi connectivity index (χ2v) is 6.68. The number of nitrogens with one attached hydrogen (secondary N) is 2. The van der Waals surface area contributed by atoms with E-state index >= 15 is 0 Å². The predicted molar refractivity (Wildman–Crippen MR) is 106 cm³/mol. The first kappa shape index (κ1) is 20.4. The minimum Gasteiger partial charge on any atom is -0.493 e. The first-order valence-electron chi connectivity index (χ1n) is 8.38. The van der Waals surface area contributed by atoms with Crippen molar-refractivity contribution in [3.63, 3.8) is 0 Å². The van der Waals surface area contributed by atoms with E-state index in [0.717, 1.165) is 5.56 Å². The zero-order valence-electron chi connectivity index (χ0n) is 15.6. The summed E-state index contributed by atoms with van der Waals surface area (Å²) in [4.78, 5) is 24.4. The van der Waals surface area contributed by atoms with E-state index < -0.39 is 0 Å². The van der Waals surface area contributed by atoms with Gasteiger partial charge < -0.3 is 14.8 Å². The van der Waals surface area contributed by atoms with Crippen LogP contribution in [0.1, 0.15) is 28.6 Å². The Bertz CT molecular complexity index is 803. The van der Waals surface area contributed by atoms with Crippen LogP contribution >= 0.6 is 11.3 Å². The number of hydrogen-bond donors (Lipinski definition) is 2. The maximum absolute atomic E-state index is 12.0. The van der Waals surface area contributed by atoms with Crippen LogP contribution in [-0.4, -0.2) is 38.3 Å². The molecule has 144 valence electrons. The van der Waals surface area contributed by atoms with Gasteiger partial charge in [0, 0.05) is 12.3 Å². The lowest BCUT2D eigenvalue weighted by Crippen LogP contribution is -2.28. The second-order valence-electron chi connectivity index (χ2n) is 5.73. The highest BCUT2D eigenvalue weighted by Crippen LogP contribution is 2.27. The summed E-state index contributed by atoms with van der Waals surface area (Å²) in [5.41, 5.74) is 4.01. The Morgan fingerprint density at radius 2 is 1.93 bits per heavy atom. The number of rotatable bonds is 9. The Labute approximate surface area is 162 Å². The summed E-state index contributed by atoms with van der Waals surface area (Å²) in [6, 6.07) is 9.16. The van der Waals surface area contributed by atoms with E-state index in [-0.39, 0.29) is 18.2 Å². The van der Waals surface area contributed by atoms with Gasteiger partial charge in [-0.05, 0) is 42.5 Å². The van der Waals surface area contributed by atoms with Crippen molar-refractivity contribution >= 4 is 28.9 Å². The van der Waals surface area contributed by atoms with Crippen molar-refractivity contribution in [1.29, 1.82) is 0 Å². The minimum atomic E-state index is -0.279. The summed E-state index contributed by atoms with van der Waals surface area (Å²) in [5.74, 6) is 0.896. The fraction of sp³-hybridized carbons (Fsp3) is 0.316. The molecule has 0 saturated carbocycles. The van der Waals surface area contributed by atoms with Crippen LogP contribution in [0.4, 0.5) is 0 Å². The van der Waals surface area contributed by atoms with Crippen LogP contribution in [-0.2, 0) is 11.2 Å². The number of ether oxygens (including phenoxy) is 2. The molecule has 1 aromatic carbocycles. The molecular formula is C19H23N3O4S. The molecule has 1 aromatic heterocycles. The first-order chi connectivity index (χ1) is 13.0. The third-order valence-corrected chi connectivity index (χ3v) is 4.56. The number of nitrogens with zero attached hydrogens (tertiary/aromatic N) is 1. The molecule has 2 N–H and O–H groups in total. The molecule has 0 aliphatic rings. The largest absolute Gasteiger partial charge is 0.493 e. The Hall–Kier alpha value is -2.87. The number of carbonyl (C=O) groups excluding carboxylic acids is 2. The van der Waals surface area contributed by atoms with Crippen LogP contribution in [0.3, 0.4) is 0 Å². The maximum Gasteiger partial charge on any atom is 0.281 e. The topological polar surface area (TPSA) is 89.0 Å². The molecule has 0 bridgehead atoms. The summed E-state index contributed by atoms with van der Waals surface area (Å²) < 4.78 is 10.5. The lowest BCUT2D eigenvalue weighted by molar-refractivity contribution is -0.119. The number of hydrazone groups is 1. The van der Waals surface area contributed by atoms with Crippen molar-refractivity contribution < 1.29 is 19.1 Å². The second kappa shape index (κ2) is 10.3. The number of amides is 2. The molecule has 7 nitrogen and oxygen atoms in total. The molecule has 0 aliphatic heterocycles. The lowest BCUT2D eigenvalue weighted by atomic mass is 10.1. The van der Waals surface area contributed by atoms with E-state index in [1.54, 1.807) is 33.3 Å². The van der Waals surface area contributed by atoms with Crippen molar-refractivity contribution in [3.8, 4) is 11.5 Å². The van der Waals surface area contributed by atoms with Crippen LogP contribution in [0.2, 0.25) is 0 Å². The molecule has 2 rings (SSSR count). The summed E-state index contributed by atoms with van der Waals surface area (Å²) in [6.45, 7) is 2.19. The number of thiophene rings is 1. The zero-order chi connectivity index (χ0) is 19.6. The Kier molecular flexibility index (Phi) is 7.81. The molecule has 0 saturated heterocycles. The molecular weight excluding hydrogens is 366 g/mol. The van der Waals surface area contributed by atoms with E-state index in [0.29, 0.717) is 35.1 Å². The van der Waals surface area contributed by atoms with E-state index in [2.05, 4.69) is 15.8 Å². The standard InChI is InChI=1S/C19H23N3O4S/c1-13(21-22-19(24)17-5-4-10-27-17)11-18(23)20-9-8-14-6-7-15(25-2)16(12-14)26-3/h4-7,10,12H,8-9,11H2,1-3H3,(H,20,23)(H,22,24). The molecule has 2 aromatic rings. The summed E-state index contributed by atoms with van der Waals surface area (Å²) in [5, 5.41) is 8.62. The quantitative estimate of drug-likeness (QED) is 0.510. The molecule has 0 atom stereocenters. The van der Waals surface area contributed by atoms with Gasteiger partial charge in [0.25, 0.3) is 5.91 Å². The van der Waals surface area contributed by atoms with Gasteiger partial charge in [-0.15, -0.1) is 11.3 Å². The van der Waals surface area contributed by atoms with Crippen LogP contribution < -0.4 is 20.2 Å². The van der Waals surface area contributed by atoms with Gasteiger partial charge in [0.05, 0.1) is 25.5 Å². The average molecular weight is 389 g/mol. The van der Waals surface area contributed by atoms with Gasteiger partial charge in [0.15, 0.2) is 11.5 Å². The molecule has 1 heterocycles. The molecule has 0 unspecified atom stereocenters. The van der Waals surface area contributed by atoms with Gasteiger partial charge in [0.2, 0.25) is 5.91 Å². The third kappa shape index (κ3) is 6.41. The summed E-state index contributed by atoms with van der Waals surface area (Å²) >= 11 is 1.33. The molecule has 0 radical (unpaired) electrons. The molecule has 27 heavy (non-hydrogen) atoms. The zero-order valence-corrected chi connectivity index (χ0v) is 16.4. The monoisotopic (exact) mass is 389 g/mol. The average Bonchev–Trinajstić information content (AvgIpc) is 3.20. The minimum absolute atomic E-state index is 0.122. The Morgan fingerprint density at radius 1 is 1.15 bits per heavy atom. The highest BCUT2D eigenvalue weighted by molar-refractivity contribution is 7.12. The highest BCUT2D eigenvalue weighted by Gasteiger charge is 2.08. The predicted octanol–water partition coefficient (Wildman–Crippen LogP) is 2.62. The smallest absolute Gasteiger partial charge is 0.281 e. The van der Waals surface area contributed by atoms with E-state index in [4.69, 9.17) is 9.47 Å². The Balaban J connectivity index is 1.75. The normalized spacial score (nSPS) is 11.0. The molecule has 0 fully saturated rings. The van der Waals surface area contributed by atoms with Crippen LogP contribution in [0.25, 0.3) is 0 Å². The van der Waals surface area contributed by atoms with Crippen LogP contribution in [0.5, 0.6) is 11.5 Å². The third-order valence-electron chi connectivity index (χ3n) is 3.69. The van der Waals surface area contributed by atoms with Crippen molar-refractivity contribution in [1.82, 2.24) is 10.7 Å². The van der Waals surface area contributed by atoms with E-state index in [9.17, 15) is 9.59 Å². The SMILES string of the molecule is COc1ccc(CCNC(=O)CC(C)=NNC(=O)c2cccs2)cc1OC. The van der Waals surface area contributed by atoms with Crippen molar-refractivity contribution in [2.75, 3.05) is 20.8 Å². The van der Waals surface area contributed by atoms with Gasteiger partial charge in [0.1, 0.15) is 0 Å².